The molecule has 1 fully saturated rings. The number of benzene rings is 1. The van der Waals surface area contributed by atoms with E-state index in [1.807, 2.05) is 0 Å². The smallest absolute Gasteiger partial charge is 0.368 e. The Morgan fingerprint density at radius 1 is 1.42 bits per heavy atom. The number of nitrogens with two attached hydrogens (primary N) is 1. The fourth-order valence-corrected chi connectivity index (χ4v) is 3.63. The van der Waals surface area contributed by atoms with E-state index in [0.717, 1.165) is 6.07 Å². The minimum absolute atomic E-state index is 0.123. The molecule has 1 heterocycles. The van der Waals surface area contributed by atoms with Gasteiger partial charge in [0.25, 0.3) is 0 Å². The summed E-state index contributed by atoms with van der Waals surface area (Å²) in [6, 6.07) is 3.22. The predicted molar refractivity (Wildman–Crippen MR) is 83.3 cm³/mol. The van der Waals surface area contributed by atoms with Gasteiger partial charge in [-0.1, -0.05) is 23.7 Å². The van der Waals surface area contributed by atoms with Gasteiger partial charge in [-0.3, -0.25) is 9.59 Å². The molecule has 0 radical (unpaired) electrons. The highest BCUT2D eigenvalue weighted by Gasteiger charge is 2.51. The lowest BCUT2D eigenvalue weighted by molar-refractivity contribution is -0.142. The summed E-state index contributed by atoms with van der Waals surface area (Å²) in [5.41, 5.74) is 3.36. The highest BCUT2D eigenvalue weighted by Crippen LogP contribution is 2.40. The van der Waals surface area contributed by atoms with Crippen molar-refractivity contribution >= 4 is 23.4 Å². The van der Waals surface area contributed by atoms with E-state index in [9.17, 15) is 22.8 Å². The average molecular weight is 363 g/mol. The van der Waals surface area contributed by atoms with E-state index in [1.54, 1.807) is 13.8 Å². The summed E-state index contributed by atoms with van der Waals surface area (Å²) in [5.74, 6) is -0.984. The molecular formula is C16H18ClF3N2O2. The summed E-state index contributed by atoms with van der Waals surface area (Å²) in [6.45, 7) is 3.46. The number of alkyl halides is 3. The van der Waals surface area contributed by atoms with Crippen LogP contribution in [-0.2, 0) is 22.2 Å². The van der Waals surface area contributed by atoms with E-state index in [4.69, 9.17) is 17.3 Å². The number of carbonyl (C=O) groups excluding carboxylic acids is 2. The van der Waals surface area contributed by atoms with Crippen molar-refractivity contribution in [1.29, 1.82) is 0 Å². The van der Waals surface area contributed by atoms with E-state index in [0.29, 0.717) is 0 Å². The molecule has 0 saturated carbocycles. The van der Waals surface area contributed by atoms with Crippen LogP contribution in [-0.4, -0.2) is 28.3 Å². The molecule has 1 aromatic rings. The predicted octanol–water partition coefficient (Wildman–Crippen LogP) is 3.16. The standard InChI is InChI=1S/C16H18ClF3N2O2/c1-9(2)22-12(23)6-7-15(22,14(21)24)8-10-4-3-5-11(13(10)17)16(18,19)20/h3-5,9H,6-8H2,1-2H3,(H2,21,24)/t15-/m1/s1. The third-order valence-electron chi connectivity index (χ3n) is 4.32. The maximum absolute atomic E-state index is 13.0. The van der Waals surface area contributed by atoms with Gasteiger partial charge in [0.05, 0.1) is 10.6 Å². The average Bonchev–Trinajstić information content (AvgIpc) is 2.78. The lowest BCUT2D eigenvalue weighted by Crippen LogP contribution is -2.58. The zero-order valence-corrected chi connectivity index (χ0v) is 14.0. The van der Waals surface area contributed by atoms with E-state index < -0.39 is 28.2 Å². The van der Waals surface area contributed by atoms with E-state index in [2.05, 4.69) is 0 Å². The quantitative estimate of drug-likeness (QED) is 0.894. The molecule has 0 unspecified atom stereocenters. The van der Waals surface area contributed by atoms with Crippen LogP contribution in [0, 0.1) is 0 Å². The molecule has 1 atom stereocenters. The van der Waals surface area contributed by atoms with Crippen LogP contribution in [0.3, 0.4) is 0 Å². The third-order valence-corrected chi connectivity index (χ3v) is 4.77. The highest BCUT2D eigenvalue weighted by atomic mass is 35.5. The van der Waals surface area contributed by atoms with Crippen LogP contribution in [0.1, 0.15) is 37.8 Å². The van der Waals surface area contributed by atoms with E-state index in [-0.39, 0.29) is 36.8 Å². The maximum Gasteiger partial charge on any atom is 0.417 e. The van der Waals surface area contributed by atoms with Crippen molar-refractivity contribution in [3.05, 3.63) is 34.3 Å². The number of hydrogen-bond donors (Lipinski definition) is 1. The maximum atomic E-state index is 13.0. The molecule has 1 aromatic carbocycles. The van der Waals surface area contributed by atoms with Crippen molar-refractivity contribution in [2.24, 2.45) is 5.73 Å². The molecule has 8 heteroatoms. The second-order valence-electron chi connectivity index (χ2n) is 6.21. The lowest BCUT2D eigenvalue weighted by Gasteiger charge is -2.39. The zero-order valence-electron chi connectivity index (χ0n) is 13.3. The second kappa shape index (κ2) is 6.27. The molecule has 0 aliphatic carbocycles. The number of nitrogens with zero attached hydrogens (tertiary/aromatic N) is 1. The third kappa shape index (κ3) is 3.09. The van der Waals surface area contributed by atoms with Crippen molar-refractivity contribution in [2.75, 3.05) is 0 Å². The fourth-order valence-electron chi connectivity index (χ4n) is 3.33. The van der Waals surface area contributed by atoms with Crippen molar-refractivity contribution < 1.29 is 22.8 Å². The number of amides is 2. The zero-order chi connectivity index (χ0) is 18.3. The van der Waals surface area contributed by atoms with Gasteiger partial charge in [0.15, 0.2) is 0 Å². The molecule has 24 heavy (non-hydrogen) atoms. The van der Waals surface area contributed by atoms with Gasteiger partial charge in [0.2, 0.25) is 11.8 Å². The summed E-state index contributed by atoms with van der Waals surface area (Å²) < 4.78 is 39.1. The first kappa shape index (κ1) is 18.6. The molecule has 0 aromatic heterocycles. The Hall–Kier alpha value is -1.76. The number of carbonyl (C=O) groups is 2. The lowest BCUT2D eigenvalue weighted by atomic mass is 9.86. The van der Waals surface area contributed by atoms with E-state index in [1.165, 1.54) is 17.0 Å². The van der Waals surface area contributed by atoms with Gasteiger partial charge in [-0.05, 0) is 31.9 Å². The number of hydrogen-bond acceptors (Lipinski definition) is 2. The molecule has 1 saturated heterocycles. The van der Waals surface area contributed by atoms with Gasteiger partial charge in [-0.25, -0.2) is 0 Å². The van der Waals surface area contributed by atoms with Crippen LogP contribution < -0.4 is 5.73 Å². The van der Waals surface area contributed by atoms with Gasteiger partial charge < -0.3 is 10.6 Å². The van der Waals surface area contributed by atoms with Crippen LogP contribution in [0.25, 0.3) is 0 Å². The van der Waals surface area contributed by atoms with Crippen LogP contribution in [0.15, 0.2) is 18.2 Å². The van der Waals surface area contributed by atoms with Gasteiger partial charge in [-0.2, -0.15) is 13.2 Å². The Morgan fingerprint density at radius 2 is 2.04 bits per heavy atom. The summed E-state index contributed by atoms with van der Waals surface area (Å²) >= 11 is 5.93. The van der Waals surface area contributed by atoms with Gasteiger partial charge in [-0.15, -0.1) is 0 Å². The molecule has 1 aliphatic heterocycles. The van der Waals surface area contributed by atoms with Crippen LogP contribution in [0.5, 0.6) is 0 Å². The Kier molecular flexibility index (Phi) is 4.86. The first-order chi connectivity index (χ1) is 11.0. The van der Waals surface area contributed by atoms with Crippen molar-refractivity contribution in [2.45, 2.75) is 50.9 Å². The van der Waals surface area contributed by atoms with Crippen molar-refractivity contribution in [3.8, 4) is 0 Å². The second-order valence-corrected chi connectivity index (χ2v) is 6.58. The largest absolute Gasteiger partial charge is 0.417 e. The Labute approximate surface area is 142 Å². The van der Waals surface area contributed by atoms with Gasteiger partial charge >= 0.3 is 6.18 Å². The fraction of sp³-hybridized carbons (Fsp3) is 0.500. The summed E-state index contributed by atoms with van der Waals surface area (Å²) in [5, 5.41) is -0.464. The highest BCUT2D eigenvalue weighted by molar-refractivity contribution is 6.32. The SMILES string of the molecule is CC(C)N1C(=O)CC[C@@]1(Cc1cccc(C(F)(F)F)c1Cl)C(N)=O. The molecular weight excluding hydrogens is 345 g/mol. The minimum Gasteiger partial charge on any atom is -0.368 e. The molecule has 0 spiro atoms. The molecule has 2 N–H and O–H groups in total. The molecule has 2 amide bonds. The first-order valence-corrected chi connectivity index (χ1v) is 7.85. The number of likely N-dealkylation sites (tertiary alicyclic amines) is 1. The van der Waals surface area contributed by atoms with Crippen LogP contribution >= 0.6 is 11.6 Å². The first-order valence-electron chi connectivity index (χ1n) is 7.47. The summed E-state index contributed by atoms with van der Waals surface area (Å²) in [6.07, 6.45) is -4.46. The van der Waals surface area contributed by atoms with Crippen molar-refractivity contribution in [1.82, 2.24) is 4.90 Å². The number of primary amides is 1. The summed E-state index contributed by atoms with van der Waals surface area (Å²) in [4.78, 5) is 25.7. The molecule has 2 rings (SSSR count). The summed E-state index contributed by atoms with van der Waals surface area (Å²) in [7, 11) is 0. The number of rotatable bonds is 4. The van der Waals surface area contributed by atoms with Crippen molar-refractivity contribution in [3.63, 3.8) is 0 Å². The van der Waals surface area contributed by atoms with Gasteiger partial charge in [0, 0.05) is 18.9 Å². The topological polar surface area (TPSA) is 63.4 Å². The Balaban J connectivity index is 2.51. The molecule has 1 aliphatic rings. The number of halogens is 4. The minimum atomic E-state index is -4.60. The molecule has 0 bridgehead atoms. The molecule has 132 valence electrons. The normalized spacial score (nSPS) is 21.6. The van der Waals surface area contributed by atoms with Gasteiger partial charge in [0.1, 0.15) is 5.54 Å². The Morgan fingerprint density at radius 3 is 2.54 bits per heavy atom. The molecule has 4 nitrogen and oxygen atoms in total. The van der Waals surface area contributed by atoms with Crippen LogP contribution in [0.4, 0.5) is 13.2 Å². The Bertz CT molecular complexity index is 676. The van der Waals surface area contributed by atoms with Crippen LogP contribution in [0.2, 0.25) is 5.02 Å². The monoisotopic (exact) mass is 362 g/mol. The van der Waals surface area contributed by atoms with E-state index >= 15 is 0 Å².